The summed E-state index contributed by atoms with van der Waals surface area (Å²) in [7, 11) is 1.87. The summed E-state index contributed by atoms with van der Waals surface area (Å²) in [6, 6.07) is 17.3. The monoisotopic (exact) mass is 522 g/mol. The van der Waals surface area contributed by atoms with Crippen molar-refractivity contribution in [1.29, 1.82) is 0 Å². The third kappa shape index (κ3) is 5.58. The number of nitrogens with one attached hydrogen (secondary N) is 1. The molecule has 3 heterocycles. The zero-order valence-corrected chi connectivity index (χ0v) is 21.6. The fourth-order valence-electron chi connectivity index (χ4n) is 4.69. The molecule has 1 N–H and O–H groups in total. The van der Waals surface area contributed by atoms with Crippen LogP contribution in [0.5, 0.6) is 0 Å². The topological polar surface area (TPSA) is 64.6 Å². The Balaban J connectivity index is 1.17. The number of likely N-dealkylation sites (tertiary alicyclic amines) is 1. The maximum Gasteiger partial charge on any atom is 0.253 e. The smallest absolute Gasteiger partial charge is 0.253 e. The van der Waals surface area contributed by atoms with Crippen LogP contribution in [0.3, 0.4) is 0 Å². The average Bonchev–Trinajstić information content (AvgIpc) is 3.40. The van der Waals surface area contributed by atoms with Crippen molar-refractivity contribution in [3.63, 3.8) is 0 Å². The van der Waals surface area contributed by atoms with Gasteiger partial charge in [-0.2, -0.15) is 0 Å². The Labute approximate surface area is 221 Å². The van der Waals surface area contributed by atoms with E-state index in [1.54, 1.807) is 10.6 Å². The van der Waals surface area contributed by atoms with E-state index in [1.165, 1.54) is 0 Å². The van der Waals surface area contributed by atoms with Crippen molar-refractivity contribution in [2.45, 2.75) is 25.3 Å². The number of hydrogen-bond donors (Lipinski definition) is 1. The zero-order valence-electron chi connectivity index (χ0n) is 20.1. The highest BCUT2D eigenvalue weighted by Crippen LogP contribution is 2.26. The van der Waals surface area contributed by atoms with Crippen LogP contribution in [-0.2, 0) is 0 Å². The largest absolute Gasteiger partial charge is 0.372 e. The molecule has 186 valence electrons. The van der Waals surface area contributed by atoms with Crippen molar-refractivity contribution in [1.82, 2.24) is 24.2 Å². The molecule has 7 nitrogen and oxygen atoms in total. The Bertz CT molecular complexity index is 1240. The first-order valence-corrected chi connectivity index (χ1v) is 12.8. The number of anilines is 2. The van der Waals surface area contributed by atoms with Crippen LogP contribution in [0.2, 0.25) is 5.02 Å². The molecule has 1 aromatic heterocycles. The van der Waals surface area contributed by atoms with Gasteiger partial charge in [0, 0.05) is 90.9 Å². The van der Waals surface area contributed by atoms with Crippen molar-refractivity contribution >= 4 is 40.9 Å². The van der Waals surface area contributed by atoms with Gasteiger partial charge in [-0.15, -0.1) is 0 Å². The molecule has 0 saturated carbocycles. The van der Waals surface area contributed by atoms with Crippen LogP contribution in [0.25, 0.3) is 11.3 Å². The second-order valence-corrected chi connectivity index (χ2v) is 10.0. The molecule has 2 aliphatic rings. The predicted molar refractivity (Wildman–Crippen MR) is 144 cm³/mol. The Kier molecular flexibility index (Phi) is 7.30. The van der Waals surface area contributed by atoms with Crippen molar-refractivity contribution in [2.24, 2.45) is 0 Å². The maximum atomic E-state index is 13.1. The molecule has 9 heteroatoms. The van der Waals surface area contributed by atoms with Crippen LogP contribution >= 0.6 is 23.4 Å². The SMILES string of the molecule is CN(Cl)C1=CN(C2CCN(C(=O)c3ccc(Nc4nccc(-c5ccc(Cl)cc5)n4)cc3)CC2)CC1. The minimum atomic E-state index is 0.0686. The second kappa shape index (κ2) is 10.8. The van der Waals surface area contributed by atoms with Gasteiger partial charge < -0.3 is 15.1 Å². The van der Waals surface area contributed by atoms with E-state index in [2.05, 4.69) is 26.4 Å². The number of nitrogens with zero attached hydrogens (tertiary/aromatic N) is 5. The first kappa shape index (κ1) is 24.4. The predicted octanol–water partition coefficient (Wildman–Crippen LogP) is 5.78. The highest BCUT2D eigenvalue weighted by atomic mass is 35.5. The summed E-state index contributed by atoms with van der Waals surface area (Å²) in [6.07, 6.45) is 6.77. The number of aromatic nitrogens is 2. The molecular weight excluding hydrogens is 495 g/mol. The standard InChI is InChI=1S/C27H28Cl2N6O/c1-33(29)24-13-17-35(18-24)23-11-15-34(16-12-23)26(36)20-4-8-22(9-5-20)31-27-30-14-10-25(32-27)19-2-6-21(28)7-3-19/h2-10,14,18,23H,11-13,15-17H2,1H3,(H,30,31,32). The molecule has 0 unspecified atom stereocenters. The summed E-state index contributed by atoms with van der Waals surface area (Å²) in [5.41, 5.74) is 4.41. The highest BCUT2D eigenvalue weighted by molar-refractivity contribution is 6.30. The van der Waals surface area contributed by atoms with E-state index in [1.807, 2.05) is 66.5 Å². The zero-order chi connectivity index (χ0) is 25.1. The summed E-state index contributed by atoms with van der Waals surface area (Å²) >= 11 is 12.1. The van der Waals surface area contributed by atoms with Gasteiger partial charge in [0.15, 0.2) is 0 Å². The fraction of sp³-hybridized carbons (Fsp3) is 0.296. The average molecular weight is 523 g/mol. The maximum absolute atomic E-state index is 13.1. The Morgan fingerprint density at radius 2 is 1.75 bits per heavy atom. The summed E-state index contributed by atoms with van der Waals surface area (Å²) in [5.74, 6) is 0.558. The van der Waals surface area contributed by atoms with Crippen molar-refractivity contribution in [3.8, 4) is 11.3 Å². The third-order valence-corrected chi connectivity index (χ3v) is 7.21. The molecule has 2 aliphatic heterocycles. The first-order chi connectivity index (χ1) is 17.5. The van der Waals surface area contributed by atoms with Crippen molar-refractivity contribution < 1.29 is 4.79 Å². The minimum absolute atomic E-state index is 0.0686. The van der Waals surface area contributed by atoms with Crippen LogP contribution in [0.1, 0.15) is 29.6 Å². The summed E-state index contributed by atoms with van der Waals surface area (Å²) in [4.78, 5) is 26.3. The van der Waals surface area contributed by atoms with Gasteiger partial charge in [-0.05, 0) is 55.3 Å². The number of benzene rings is 2. The normalized spacial score (nSPS) is 16.1. The molecule has 0 spiro atoms. The van der Waals surface area contributed by atoms with E-state index < -0.39 is 0 Å². The molecule has 0 radical (unpaired) electrons. The lowest BCUT2D eigenvalue weighted by Crippen LogP contribution is -2.44. The summed E-state index contributed by atoms with van der Waals surface area (Å²) in [6.45, 7) is 2.50. The number of rotatable bonds is 6. The lowest BCUT2D eigenvalue weighted by atomic mass is 10.0. The molecule has 0 bridgehead atoms. The van der Waals surface area contributed by atoms with E-state index in [0.717, 1.165) is 61.5 Å². The number of hydrogen-bond acceptors (Lipinski definition) is 6. The van der Waals surface area contributed by atoms with Gasteiger partial charge in [0.25, 0.3) is 5.91 Å². The van der Waals surface area contributed by atoms with E-state index in [4.69, 9.17) is 23.4 Å². The van der Waals surface area contributed by atoms with Crippen LogP contribution in [-0.4, -0.2) is 62.8 Å². The molecular formula is C27H28Cl2N6O. The summed E-state index contributed by atoms with van der Waals surface area (Å²) in [5, 5.41) is 3.91. The lowest BCUT2D eigenvalue weighted by molar-refractivity contribution is 0.0666. The highest BCUT2D eigenvalue weighted by Gasteiger charge is 2.28. The quantitative estimate of drug-likeness (QED) is 0.414. The van der Waals surface area contributed by atoms with E-state index in [-0.39, 0.29) is 5.91 Å². The molecule has 1 fully saturated rings. The van der Waals surface area contributed by atoms with Crippen LogP contribution in [0, 0.1) is 0 Å². The molecule has 36 heavy (non-hydrogen) atoms. The fourth-order valence-corrected chi connectivity index (χ4v) is 4.95. The Morgan fingerprint density at radius 3 is 2.42 bits per heavy atom. The van der Waals surface area contributed by atoms with Gasteiger partial charge in [-0.3, -0.25) is 9.21 Å². The van der Waals surface area contributed by atoms with E-state index >= 15 is 0 Å². The number of carbonyl (C=O) groups excluding carboxylic acids is 1. The van der Waals surface area contributed by atoms with Crippen molar-refractivity contribution in [3.05, 3.63) is 83.3 Å². The number of piperidine rings is 1. The van der Waals surface area contributed by atoms with Gasteiger partial charge >= 0.3 is 0 Å². The van der Waals surface area contributed by atoms with Crippen LogP contribution < -0.4 is 5.32 Å². The minimum Gasteiger partial charge on any atom is -0.372 e. The second-order valence-electron chi connectivity index (χ2n) is 9.08. The molecule has 1 amide bonds. The molecule has 1 saturated heterocycles. The molecule has 3 aromatic rings. The van der Waals surface area contributed by atoms with Gasteiger partial charge in [0.2, 0.25) is 5.95 Å². The van der Waals surface area contributed by atoms with E-state index in [0.29, 0.717) is 22.6 Å². The molecule has 2 aromatic carbocycles. The number of amides is 1. The number of halogens is 2. The van der Waals surface area contributed by atoms with Crippen LogP contribution in [0.15, 0.2) is 72.7 Å². The van der Waals surface area contributed by atoms with Crippen LogP contribution in [0.4, 0.5) is 11.6 Å². The number of carbonyl (C=O) groups is 1. The Morgan fingerprint density at radius 1 is 1.03 bits per heavy atom. The Hall–Kier alpha value is -3.29. The lowest BCUT2D eigenvalue weighted by Gasteiger charge is -2.36. The third-order valence-electron chi connectivity index (χ3n) is 6.74. The van der Waals surface area contributed by atoms with Gasteiger partial charge in [0.1, 0.15) is 0 Å². The van der Waals surface area contributed by atoms with Gasteiger partial charge in [0.05, 0.1) is 5.69 Å². The van der Waals surface area contributed by atoms with Gasteiger partial charge in [-0.1, -0.05) is 23.7 Å². The summed E-state index contributed by atoms with van der Waals surface area (Å²) < 4.78 is 1.67. The van der Waals surface area contributed by atoms with Gasteiger partial charge in [-0.25, -0.2) is 9.97 Å². The van der Waals surface area contributed by atoms with Crippen molar-refractivity contribution in [2.75, 3.05) is 32.0 Å². The molecule has 5 rings (SSSR count). The van der Waals surface area contributed by atoms with E-state index in [9.17, 15) is 4.79 Å². The molecule has 0 aliphatic carbocycles. The molecule has 0 atom stereocenters. The first-order valence-electron chi connectivity index (χ1n) is 12.1.